The third-order valence-corrected chi connectivity index (χ3v) is 3.06. The first kappa shape index (κ1) is 13.2. The minimum atomic E-state index is -0.459. The highest BCUT2D eigenvalue weighted by Crippen LogP contribution is 2.20. The van der Waals surface area contributed by atoms with Gasteiger partial charge in [0.25, 0.3) is 0 Å². The summed E-state index contributed by atoms with van der Waals surface area (Å²) in [5.41, 5.74) is 0. The van der Waals surface area contributed by atoms with E-state index in [1.807, 2.05) is 31.2 Å². The lowest BCUT2D eigenvalue weighted by Crippen LogP contribution is -2.27. The molecule has 100 valence electrons. The summed E-state index contributed by atoms with van der Waals surface area (Å²) >= 11 is 0. The molecule has 0 bridgehead atoms. The average molecular weight is 252 g/mol. The molecule has 18 heavy (non-hydrogen) atoms. The molecule has 1 N–H and O–H groups in total. The van der Waals surface area contributed by atoms with E-state index in [9.17, 15) is 5.11 Å². The van der Waals surface area contributed by atoms with Gasteiger partial charge < -0.3 is 19.3 Å². The highest BCUT2D eigenvalue weighted by atomic mass is 16.5. The molecule has 2 atom stereocenters. The fourth-order valence-corrected chi connectivity index (χ4v) is 1.97. The van der Waals surface area contributed by atoms with Crippen molar-refractivity contribution in [1.29, 1.82) is 0 Å². The Morgan fingerprint density at radius 3 is 2.50 bits per heavy atom. The summed E-state index contributed by atoms with van der Waals surface area (Å²) in [7, 11) is 0. The Balaban J connectivity index is 1.78. The van der Waals surface area contributed by atoms with E-state index in [-0.39, 0.29) is 5.92 Å². The number of aliphatic hydroxyl groups is 1. The Kier molecular flexibility index (Phi) is 4.84. The van der Waals surface area contributed by atoms with Crippen molar-refractivity contribution >= 4 is 0 Å². The van der Waals surface area contributed by atoms with E-state index < -0.39 is 6.10 Å². The molecule has 4 heteroatoms. The van der Waals surface area contributed by atoms with Crippen molar-refractivity contribution < 1.29 is 19.3 Å². The molecule has 0 aliphatic carbocycles. The van der Waals surface area contributed by atoms with Gasteiger partial charge in [-0.05, 0) is 37.6 Å². The fourth-order valence-electron chi connectivity index (χ4n) is 1.97. The van der Waals surface area contributed by atoms with E-state index in [4.69, 9.17) is 14.2 Å². The van der Waals surface area contributed by atoms with Crippen molar-refractivity contribution in [3.05, 3.63) is 24.3 Å². The van der Waals surface area contributed by atoms with Crippen LogP contribution in [0.25, 0.3) is 0 Å². The van der Waals surface area contributed by atoms with E-state index in [2.05, 4.69) is 0 Å². The topological polar surface area (TPSA) is 47.9 Å². The van der Waals surface area contributed by atoms with Crippen LogP contribution in [0.2, 0.25) is 0 Å². The van der Waals surface area contributed by atoms with Crippen LogP contribution in [0, 0.1) is 5.92 Å². The Morgan fingerprint density at radius 1 is 1.28 bits per heavy atom. The summed E-state index contributed by atoms with van der Waals surface area (Å²) < 4.78 is 16.1. The molecule has 1 aliphatic heterocycles. The molecule has 0 radical (unpaired) electrons. The summed E-state index contributed by atoms with van der Waals surface area (Å²) in [5, 5.41) is 9.92. The van der Waals surface area contributed by atoms with Crippen LogP contribution in [-0.4, -0.2) is 37.6 Å². The van der Waals surface area contributed by atoms with Crippen molar-refractivity contribution in [2.45, 2.75) is 19.4 Å². The van der Waals surface area contributed by atoms with Crippen molar-refractivity contribution in [2.75, 3.05) is 26.4 Å². The van der Waals surface area contributed by atoms with Gasteiger partial charge in [0.2, 0.25) is 0 Å². The van der Waals surface area contributed by atoms with E-state index in [1.54, 1.807) is 0 Å². The van der Waals surface area contributed by atoms with Crippen molar-refractivity contribution in [2.24, 2.45) is 5.92 Å². The molecule has 0 amide bonds. The molecular weight excluding hydrogens is 232 g/mol. The fraction of sp³-hybridized carbons (Fsp3) is 0.571. The van der Waals surface area contributed by atoms with Gasteiger partial charge in [-0.2, -0.15) is 0 Å². The minimum Gasteiger partial charge on any atom is -0.494 e. The first-order valence-electron chi connectivity index (χ1n) is 6.41. The number of rotatable bonds is 6. The van der Waals surface area contributed by atoms with Crippen molar-refractivity contribution in [3.8, 4) is 11.5 Å². The van der Waals surface area contributed by atoms with Crippen LogP contribution in [0.5, 0.6) is 11.5 Å². The zero-order valence-electron chi connectivity index (χ0n) is 10.7. The molecule has 1 saturated heterocycles. The van der Waals surface area contributed by atoms with Crippen LogP contribution in [-0.2, 0) is 4.74 Å². The number of ether oxygens (including phenoxy) is 3. The second kappa shape index (κ2) is 6.61. The van der Waals surface area contributed by atoms with E-state index >= 15 is 0 Å². The summed E-state index contributed by atoms with van der Waals surface area (Å²) in [5.74, 6) is 1.78. The normalized spacial score (nSPS) is 20.7. The Bertz CT molecular complexity index is 343. The zero-order chi connectivity index (χ0) is 12.8. The van der Waals surface area contributed by atoms with Gasteiger partial charge in [0.05, 0.1) is 19.3 Å². The lowest BCUT2D eigenvalue weighted by molar-refractivity contribution is 0.0499. The molecule has 1 aliphatic rings. The maximum absolute atomic E-state index is 9.92. The molecule has 0 spiro atoms. The van der Waals surface area contributed by atoms with Gasteiger partial charge in [-0.1, -0.05) is 0 Å². The van der Waals surface area contributed by atoms with Crippen LogP contribution in [0.1, 0.15) is 13.3 Å². The van der Waals surface area contributed by atoms with Gasteiger partial charge in [-0.3, -0.25) is 0 Å². The van der Waals surface area contributed by atoms with Crippen LogP contribution < -0.4 is 9.47 Å². The van der Waals surface area contributed by atoms with Gasteiger partial charge in [0.15, 0.2) is 0 Å². The molecular formula is C14H20O4. The summed E-state index contributed by atoms with van der Waals surface area (Å²) in [6.45, 7) is 4.28. The summed E-state index contributed by atoms with van der Waals surface area (Å²) in [4.78, 5) is 0. The van der Waals surface area contributed by atoms with Gasteiger partial charge in [0.1, 0.15) is 18.1 Å². The number of hydrogen-bond donors (Lipinski definition) is 1. The minimum absolute atomic E-state index is 0.202. The lowest BCUT2D eigenvalue weighted by Gasteiger charge is -2.17. The van der Waals surface area contributed by atoms with Gasteiger partial charge in [0, 0.05) is 12.5 Å². The smallest absolute Gasteiger partial charge is 0.119 e. The number of hydrogen-bond acceptors (Lipinski definition) is 4. The summed E-state index contributed by atoms with van der Waals surface area (Å²) in [6.07, 6.45) is 0.451. The molecule has 4 nitrogen and oxygen atoms in total. The predicted molar refractivity (Wildman–Crippen MR) is 68.0 cm³/mol. The lowest BCUT2D eigenvalue weighted by atomic mass is 10.0. The molecule has 2 rings (SSSR count). The van der Waals surface area contributed by atoms with E-state index in [1.165, 1.54) is 0 Å². The highest BCUT2D eigenvalue weighted by Gasteiger charge is 2.24. The van der Waals surface area contributed by atoms with Crippen molar-refractivity contribution in [3.63, 3.8) is 0 Å². The largest absolute Gasteiger partial charge is 0.494 e. The molecule has 1 heterocycles. The second-order valence-electron chi connectivity index (χ2n) is 4.41. The Labute approximate surface area is 107 Å². The number of benzene rings is 1. The molecule has 1 fully saturated rings. The highest BCUT2D eigenvalue weighted by molar-refractivity contribution is 5.31. The molecule has 2 unspecified atom stereocenters. The maximum Gasteiger partial charge on any atom is 0.119 e. The SMILES string of the molecule is CCOc1ccc(OCC(O)C2CCOC2)cc1. The average Bonchev–Trinajstić information content (AvgIpc) is 2.92. The second-order valence-corrected chi connectivity index (χ2v) is 4.41. The molecule has 1 aromatic carbocycles. The predicted octanol–water partition coefficient (Wildman–Crippen LogP) is 1.86. The van der Waals surface area contributed by atoms with Crippen molar-refractivity contribution in [1.82, 2.24) is 0 Å². The Hall–Kier alpha value is -1.26. The first-order chi connectivity index (χ1) is 8.79. The van der Waals surface area contributed by atoms with Gasteiger partial charge >= 0.3 is 0 Å². The standard InChI is InChI=1S/C14H20O4/c1-2-17-12-3-5-13(6-4-12)18-10-14(15)11-7-8-16-9-11/h3-6,11,14-15H,2,7-10H2,1H3. The van der Waals surface area contributed by atoms with Crippen LogP contribution >= 0.6 is 0 Å². The third kappa shape index (κ3) is 3.62. The van der Waals surface area contributed by atoms with E-state index in [0.29, 0.717) is 19.8 Å². The monoisotopic (exact) mass is 252 g/mol. The van der Waals surface area contributed by atoms with E-state index in [0.717, 1.165) is 24.5 Å². The molecule has 0 saturated carbocycles. The van der Waals surface area contributed by atoms with Gasteiger partial charge in [-0.15, -0.1) is 0 Å². The van der Waals surface area contributed by atoms with Crippen LogP contribution in [0.15, 0.2) is 24.3 Å². The maximum atomic E-state index is 9.92. The first-order valence-corrected chi connectivity index (χ1v) is 6.41. The number of aliphatic hydroxyl groups excluding tert-OH is 1. The van der Waals surface area contributed by atoms with Gasteiger partial charge in [-0.25, -0.2) is 0 Å². The summed E-state index contributed by atoms with van der Waals surface area (Å²) in [6, 6.07) is 7.43. The van der Waals surface area contributed by atoms with Crippen LogP contribution in [0.4, 0.5) is 0 Å². The quantitative estimate of drug-likeness (QED) is 0.839. The Morgan fingerprint density at radius 2 is 1.94 bits per heavy atom. The zero-order valence-corrected chi connectivity index (χ0v) is 10.7. The third-order valence-electron chi connectivity index (χ3n) is 3.06. The molecule has 0 aromatic heterocycles. The van der Waals surface area contributed by atoms with Crippen LogP contribution in [0.3, 0.4) is 0 Å². The molecule has 1 aromatic rings.